The molecule has 1 rings (SSSR count). The topological polar surface area (TPSA) is 57.0 Å². The fraction of sp³-hybridized carbons (Fsp3) is 0.400. The van der Waals surface area contributed by atoms with Gasteiger partial charge in [-0.15, -0.1) is 5.10 Å². The molecule has 1 heterocycles. The van der Waals surface area contributed by atoms with E-state index in [4.69, 9.17) is 0 Å². The van der Waals surface area contributed by atoms with Gasteiger partial charge in [0.2, 0.25) is 0 Å². The van der Waals surface area contributed by atoms with Gasteiger partial charge >= 0.3 is 5.97 Å². The molecule has 0 aliphatic carbocycles. The highest BCUT2D eigenvalue weighted by molar-refractivity contribution is 5.86. The highest BCUT2D eigenvalue weighted by Gasteiger charge is 2.09. The Kier molecular flexibility index (Phi) is 1.66. The minimum Gasteiger partial charge on any atom is -0.464 e. The van der Waals surface area contributed by atoms with Gasteiger partial charge in [-0.3, -0.25) is 0 Å². The summed E-state index contributed by atoms with van der Waals surface area (Å²) in [5.41, 5.74) is 0.350. The average Bonchev–Trinajstić information content (AvgIpc) is 2.34. The molecule has 0 N–H and O–H groups in total. The first-order valence-corrected chi connectivity index (χ1v) is 2.68. The minimum atomic E-state index is -0.424. The molecule has 0 spiro atoms. The number of ether oxygens (including phenoxy) is 1. The predicted molar refractivity (Wildman–Crippen MR) is 32.3 cm³/mol. The average molecular weight is 141 g/mol. The van der Waals surface area contributed by atoms with E-state index in [1.54, 1.807) is 7.05 Å². The maximum absolute atomic E-state index is 10.8. The number of hydrogen-bond donors (Lipinski definition) is 0. The molecular formula is C5H7N3O2. The van der Waals surface area contributed by atoms with Crippen molar-refractivity contribution in [1.29, 1.82) is 0 Å². The summed E-state index contributed by atoms with van der Waals surface area (Å²) < 4.78 is 5.79. The summed E-state index contributed by atoms with van der Waals surface area (Å²) in [5.74, 6) is -0.424. The van der Waals surface area contributed by atoms with Crippen molar-refractivity contribution in [3.8, 4) is 0 Å². The van der Waals surface area contributed by atoms with Crippen molar-refractivity contribution in [2.24, 2.45) is 7.05 Å². The van der Waals surface area contributed by atoms with E-state index in [1.165, 1.54) is 18.0 Å². The van der Waals surface area contributed by atoms with Gasteiger partial charge in [-0.2, -0.15) is 0 Å². The van der Waals surface area contributed by atoms with Crippen molar-refractivity contribution in [2.75, 3.05) is 7.11 Å². The molecule has 0 bridgehead atoms. The number of carbonyl (C=O) groups excluding carboxylic acids is 1. The van der Waals surface area contributed by atoms with Gasteiger partial charge in [0.05, 0.1) is 13.3 Å². The molecule has 0 unspecified atom stereocenters. The van der Waals surface area contributed by atoms with Crippen LogP contribution in [0.1, 0.15) is 10.5 Å². The lowest BCUT2D eigenvalue weighted by atomic mass is 10.5. The summed E-state index contributed by atoms with van der Waals surface area (Å²) in [7, 11) is 2.94. The number of hydrogen-bond acceptors (Lipinski definition) is 4. The monoisotopic (exact) mass is 141 g/mol. The summed E-state index contributed by atoms with van der Waals surface area (Å²) in [6, 6.07) is 0. The molecule has 0 aliphatic heterocycles. The zero-order valence-corrected chi connectivity index (χ0v) is 5.74. The van der Waals surface area contributed by atoms with E-state index in [9.17, 15) is 4.79 Å². The molecule has 5 heteroatoms. The highest BCUT2D eigenvalue weighted by Crippen LogP contribution is 1.94. The van der Waals surface area contributed by atoms with Crippen LogP contribution in [0.5, 0.6) is 0 Å². The maximum Gasteiger partial charge on any atom is 0.358 e. The third kappa shape index (κ3) is 0.975. The van der Waals surface area contributed by atoms with Crippen LogP contribution in [0.3, 0.4) is 0 Å². The minimum absolute atomic E-state index is 0.350. The quantitative estimate of drug-likeness (QED) is 0.499. The lowest BCUT2D eigenvalue weighted by Crippen LogP contribution is -2.07. The van der Waals surface area contributed by atoms with Crippen molar-refractivity contribution in [1.82, 2.24) is 15.0 Å². The van der Waals surface area contributed by atoms with E-state index in [1.807, 2.05) is 0 Å². The maximum atomic E-state index is 10.8. The van der Waals surface area contributed by atoms with Gasteiger partial charge in [-0.1, -0.05) is 5.21 Å². The van der Waals surface area contributed by atoms with E-state index in [-0.39, 0.29) is 0 Å². The molecule has 1 aromatic rings. The Hall–Kier alpha value is -1.39. The van der Waals surface area contributed by atoms with Crippen LogP contribution in [0, 0.1) is 0 Å². The molecule has 0 aliphatic rings. The third-order valence-corrected chi connectivity index (χ3v) is 1.11. The molecule has 0 saturated carbocycles. The number of methoxy groups -OCH3 is 1. The van der Waals surface area contributed by atoms with Gasteiger partial charge < -0.3 is 4.74 Å². The van der Waals surface area contributed by atoms with Gasteiger partial charge in [-0.25, -0.2) is 9.48 Å². The normalized spacial score (nSPS) is 9.40. The molecule has 0 atom stereocenters. The van der Waals surface area contributed by atoms with Crippen molar-refractivity contribution in [3.63, 3.8) is 0 Å². The smallest absolute Gasteiger partial charge is 0.358 e. The Bertz CT molecular complexity index is 243. The first kappa shape index (κ1) is 6.73. The fourth-order valence-electron chi connectivity index (χ4n) is 0.579. The SMILES string of the molecule is COC(=O)c1cnnn1C. The molecule has 5 nitrogen and oxygen atoms in total. The highest BCUT2D eigenvalue weighted by atomic mass is 16.5. The molecule has 0 amide bonds. The summed E-state index contributed by atoms with van der Waals surface area (Å²) in [4.78, 5) is 10.8. The molecule has 0 fully saturated rings. The first-order valence-electron chi connectivity index (χ1n) is 2.68. The standard InChI is InChI=1S/C5H7N3O2/c1-8-4(3-6-7-8)5(9)10-2/h3H,1-2H3. The van der Waals surface area contributed by atoms with Crippen LogP contribution in [-0.2, 0) is 11.8 Å². The third-order valence-electron chi connectivity index (χ3n) is 1.11. The first-order chi connectivity index (χ1) is 4.75. The van der Waals surface area contributed by atoms with Crippen LogP contribution < -0.4 is 0 Å². The van der Waals surface area contributed by atoms with Gasteiger partial charge in [0.1, 0.15) is 0 Å². The number of nitrogens with zero attached hydrogens (tertiary/aromatic N) is 3. The zero-order valence-electron chi connectivity index (χ0n) is 5.74. The second-order valence-electron chi connectivity index (χ2n) is 1.73. The van der Waals surface area contributed by atoms with E-state index < -0.39 is 5.97 Å². The van der Waals surface area contributed by atoms with Crippen molar-refractivity contribution >= 4 is 5.97 Å². The largest absolute Gasteiger partial charge is 0.464 e. The number of aryl methyl sites for hydroxylation is 1. The summed E-state index contributed by atoms with van der Waals surface area (Å²) in [5, 5.41) is 7.05. The molecule has 0 saturated heterocycles. The lowest BCUT2D eigenvalue weighted by molar-refractivity contribution is 0.0588. The summed E-state index contributed by atoms with van der Waals surface area (Å²) in [6.45, 7) is 0. The summed E-state index contributed by atoms with van der Waals surface area (Å²) >= 11 is 0. The van der Waals surface area contributed by atoms with Crippen molar-refractivity contribution in [2.45, 2.75) is 0 Å². The number of carbonyl (C=O) groups is 1. The second-order valence-corrected chi connectivity index (χ2v) is 1.73. The van der Waals surface area contributed by atoms with Gasteiger partial charge in [-0.05, 0) is 0 Å². The molecule has 0 aromatic carbocycles. The molecule has 1 aromatic heterocycles. The molecule has 54 valence electrons. The lowest BCUT2D eigenvalue weighted by Gasteiger charge is -1.95. The molecule has 10 heavy (non-hydrogen) atoms. The molecular weight excluding hydrogens is 134 g/mol. The predicted octanol–water partition coefficient (Wildman–Crippen LogP) is -0.398. The Balaban J connectivity index is 2.93. The van der Waals surface area contributed by atoms with Gasteiger partial charge in [0.25, 0.3) is 0 Å². The van der Waals surface area contributed by atoms with Crippen molar-refractivity contribution < 1.29 is 9.53 Å². The van der Waals surface area contributed by atoms with Crippen LogP contribution in [0.25, 0.3) is 0 Å². The Morgan fingerprint density at radius 1 is 1.80 bits per heavy atom. The van der Waals surface area contributed by atoms with Crippen LogP contribution in [0.4, 0.5) is 0 Å². The Labute approximate surface area is 57.6 Å². The molecule has 0 radical (unpaired) electrons. The van der Waals surface area contributed by atoms with Crippen LogP contribution in [-0.4, -0.2) is 28.1 Å². The Morgan fingerprint density at radius 2 is 2.50 bits per heavy atom. The van der Waals surface area contributed by atoms with E-state index >= 15 is 0 Å². The van der Waals surface area contributed by atoms with Crippen LogP contribution in [0.15, 0.2) is 6.20 Å². The second kappa shape index (κ2) is 2.47. The Morgan fingerprint density at radius 3 is 2.90 bits per heavy atom. The van der Waals surface area contributed by atoms with E-state index in [0.29, 0.717) is 5.69 Å². The summed E-state index contributed by atoms with van der Waals surface area (Å²) in [6.07, 6.45) is 1.35. The van der Waals surface area contributed by atoms with E-state index in [0.717, 1.165) is 0 Å². The van der Waals surface area contributed by atoms with Crippen LogP contribution >= 0.6 is 0 Å². The van der Waals surface area contributed by atoms with Crippen LogP contribution in [0.2, 0.25) is 0 Å². The number of esters is 1. The number of rotatable bonds is 1. The van der Waals surface area contributed by atoms with Gasteiger partial charge in [0.15, 0.2) is 5.69 Å². The van der Waals surface area contributed by atoms with Gasteiger partial charge in [0, 0.05) is 7.05 Å². The number of aromatic nitrogens is 3. The van der Waals surface area contributed by atoms with Crippen molar-refractivity contribution in [3.05, 3.63) is 11.9 Å². The van der Waals surface area contributed by atoms with E-state index in [2.05, 4.69) is 15.0 Å². The zero-order chi connectivity index (χ0) is 7.56. The fourth-order valence-corrected chi connectivity index (χ4v) is 0.579.